The molecule has 1 aromatic heterocycles. The smallest absolute Gasteiger partial charge is 0.234 e. The molecular formula is C16H14BrNO2S. The van der Waals surface area contributed by atoms with E-state index in [0.717, 1.165) is 14.9 Å². The van der Waals surface area contributed by atoms with Gasteiger partial charge in [0, 0.05) is 26.6 Å². The number of amides is 2. The zero-order valence-electron chi connectivity index (χ0n) is 11.4. The van der Waals surface area contributed by atoms with E-state index in [1.165, 1.54) is 4.88 Å². The predicted octanol–water partition coefficient (Wildman–Crippen LogP) is 3.73. The molecule has 108 valence electrons. The maximum Gasteiger partial charge on any atom is 0.234 e. The summed E-state index contributed by atoms with van der Waals surface area (Å²) >= 11 is 5.17. The van der Waals surface area contributed by atoms with E-state index in [4.69, 9.17) is 0 Å². The molecule has 2 atom stereocenters. The number of hydrogen-bond acceptors (Lipinski definition) is 3. The second kappa shape index (κ2) is 5.73. The molecule has 2 unspecified atom stereocenters. The SMILES string of the molecule is Cc1ccc(C2CC(=O)NC(=O)C2c2ccccc2Br)s1. The minimum atomic E-state index is -0.337. The second-order valence-corrected chi connectivity index (χ2v) is 7.34. The minimum absolute atomic E-state index is 0.0938. The molecular weight excluding hydrogens is 350 g/mol. The molecule has 1 fully saturated rings. The molecule has 1 aliphatic rings. The fourth-order valence-electron chi connectivity index (χ4n) is 2.77. The highest BCUT2D eigenvalue weighted by Gasteiger charge is 2.39. The van der Waals surface area contributed by atoms with Gasteiger partial charge in [0.15, 0.2) is 0 Å². The van der Waals surface area contributed by atoms with Crippen LogP contribution in [0.4, 0.5) is 0 Å². The van der Waals surface area contributed by atoms with Crippen molar-refractivity contribution >= 4 is 39.1 Å². The van der Waals surface area contributed by atoms with Crippen LogP contribution < -0.4 is 5.32 Å². The Kier molecular flexibility index (Phi) is 3.95. The summed E-state index contributed by atoms with van der Waals surface area (Å²) in [5.41, 5.74) is 0.929. The number of imide groups is 1. The van der Waals surface area contributed by atoms with E-state index in [1.807, 2.05) is 43.3 Å². The predicted molar refractivity (Wildman–Crippen MR) is 86.4 cm³/mol. The summed E-state index contributed by atoms with van der Waals surface area (Å²) in [6.07, 6.45) is 0.345. The van der Waals surface area contributed by atoms with E-state index in [1.54, 1.807) is 11.3 Å². The second-order valence-electron chi connectivity index (χ2n) is 5.17. The van der Waals surface area contributed by atoms with Crippen LogP contribution in [-0.4, -0.2) is 11.8 Å². The van der Waals surface area contributed by atoms with Crippen molar-refractivity contribution in [3.8, 4) is 0 Å². The van der Waals surface area contributed by atoms with Gasteiger partial charge < -0.3 is 0 Å². The fraction of sp³-hybridized carbons (Fsp3) is 0.250. The molecule has 2 heterocycles. The molecule has 5 heteroatoms. The molecule has 0 aliphatic carbocycles. The van der Waals surface area contributed by atoms with Gasteiger partial charge in [-0.1, -0.05) is 34.1 Å². The van der Waals surface area contributed by atoms with Crippen LogP contribution in [0.2, 0.25) is 0 Å². The lowest BCUT2D eigenvalue weighted by atomic mass is 9.79. The lowest BCUT2D eigenvalue weighted by molar-refractivity contribution is -0.135. The molecule has 2 aromatic rings. The van der Waals surface area contributed by atoms with Crippen molar-refractivity contribution in [1.82, 2.24) is 5.32 Å². The monoisotopic (exact) mass is 363 g/mol. The first kappa shape index (κ1) is 14.5. The van der Waals surface area contributed by atoms with Gasteiger partial charge in [0.05, 0.1) is 5.92 Å². The Morgan fingerprint density at radius 3 is 2.62 bits per heavy atom. The minimum Gasteiger partial charge on any atom is -0.296 e. The Bertz CT molecular complexity index is 710. The summed E-state index contributed by atoms with van der Waals surface area (Å²) in [4.78, 5) is 26.5. The number of thiophene rings is 1. The summed E-state index contributed by atoms with van der Waals surface area (Å²) in [6.45, 7) is 2.03. The Labute approximate surface area is 135 Å². The van der Waals surface area contributed by atoms with Crippen LogP contribution in [-0.2, 0) is 9.59 Å². The van der Waals surface area contributed by atoms with Gasteiger partial charge in [0.1, 0.15) is 0 Å². The van der Waals surface area contributed by atoms with Crippen molar-refractivity contribution in [3.05, 3.63) is 56.2 Å². The summed E-state index contributed by atoms with van der Waals surface area (Å²) in [5, 5.41) is 2.47. The number of rotatable bonds is 2. The topological polar surface area (TPSA) is 46.2 Å². The van der Waals surface area contributed by atoms with Crippen LogP contribution in [0.15, 0.2) is 40.9 Å². The van der Waals surface area contributed by atoms with Crippen LogP contribution in [0.5, 0.6) is 0 Å². The molecule has 1 saturated heterocycles. The zero-order chi connectivity index (χ0) is 15.0. The molecule has 1 aromatic carbocycles. The number of piperidine rings is 1. The van der Waals surface area contributed by atoms with Crippen LogP contribution >= 0.6 is 27.3 Å². The molecule has 3 nitrogen and oxygen atoms in total. The normalized spacial score (nSPS) is 22.2. The average Bonchev–Trinajstić information content (AvgIpc) is 2.86. The Morgan fingerprint density at radius 1 is 1.19 bits per heavy atom. The van der Waals surface area contributed by atoms with Crippen molar-refractivity contribution in [2.24, 2.45) is 0 Å². The molecule has 0 radical (unpaired) electrons. The standard InChI is InChI=1S/C16H14BrNO2S/c1-9-6-7-13(21-9)11-8-14(19)18-16(20)15(11)10-4-2-3-5-12(10)17/h2-7,11,15H,8H2,1H3,(H,18,19,20). The first-order chi connectivity index (χ1) is 10.1. The number of carbonyl (C=O) groups excluding carboxylic acids is 2. The highest BCUT2D eigenvalue weighted by Crippen LogP contribution is 2.42. The Hall–Kier alpha value is -1.46. The van der Waals surface area contributed by atoms with Gasteiger partial charge >= 0.3 is 0 Å². The fourth-order valence-corrected chi connectivity index (χ4v) is 4.32. The number of halogens is 1. The summed E-state index contributed by atoms with van der Waals surface area (Å²) in [7, 11) is 0. The molecule has 1 N–H and O–H groups in total. The molecule has 0 bridgehead atoms. The number of hydrogen-bond donors (Lipinski definition) is 1. The van der Waals surface area contributed by atoms with Gasteiger partial charge in [-0.2, -0.15) is 0 Å². The van der Waals surface area contributed by atoms with Crippen molar-refractivity contribution in [1.29, 1.82) is 0 Å². The number of benzene rings is 1. The first-order valence-electron chi connectivity index (χ1n) is 6.70. The van der Waals surface area contributed by atoms with Crippen LogP contribution in [0.1, 0.15) is 33.6 Å². The summed E-state index contributed by atoms with van der Waals surface area (Å²) < 4.78 is 0.901. The van der Waals surface area contributed by atoms with E-state index in [9.17, 15) is 9.59 Å². The van der Waals surface area contributed by atoms with Crippen molar-refractivity contribution in [3.63, 3.8) is 0 Å². The van der Waals surface area contributed by atoms with Crippen LogP contribution in [0.3, 0.4) is 0 Å². The van der Waals surface area contributed by atoms with E-state index < -0.39 is 0 Å². The van der Waals surface area contributed by atoms with Crippen molar-refractivity contribution in [2.45, 2.75) is 25.2 Å². The zero-order valence-corrected chi connectivity index (χ0v) is 13.8. The van der Waals surface area contributed by atoms with E-state index in [0.29, 0.717) is 6.42 Å². The summed E-state index contributed by atoms with van der Waals surface area (Å²) in [6, 6.07) is 11.8. The maximum absolute atomic E-state index is 12.4. The van der Waals surface area contributed by atoms with E-state index >= 15 is 0 Å². The van der Waals surface area contributed by atoms with Gasteiger partial charge in [0.25, 0.3) is 0 Å². The van der Waals surface area contributed by atoms with Gasteiger partial charge in [-0.15, -0.1) is 11.3 Å². The number of carbonyl (C=O) groups is 2. The Balaban J connectivity index is 2.07. The lowest BCUT2D eigenvalue weighted by Gasteiger charge is -2.30. The van der Waals surface area contributed by atoms with Crippen LogP contribution in [0.25, 0.3) is 0 Å². The highest BCUT2D eigenvalue weighted by atomic mass is 79.9. The van der Waals surface area contributed by atoms with Crippen molar-refractivity contribution < 1.29 is 9.59 Å². The highest BCUT2D eigenvalue weighted by molar-refractivity contribution is 9.10. The van der Waals surface area contributed by atoms with E-state index in [2.05, 4.69) is 21.2 Å². The third-order valence-electron chi connectivity index (χ3n) is 3.72. The number of nitrogens with one attached hydrogen (secondary N) is 1. The van der Waals surface area contributed by atoms with Gasteiger partial charge in [-0.05, 0) is 30.7 Å². The maximum atomic E-state index is 12.4. The molecule has 1 aliphatic heterocycles. The average molecular weight is 364 g/mol. The third-order valence-corrected chi connectivity index (χ3v) is 5.57. The first-order valence-corrected chi connectivity index (χ1v) is 8.31. The molecule has 2 amide bonds. The molecule has 0 spiro atoms. The summed E-state index contributed by atoms with van der Waals surface area (Å²) in [5.74, 6) is -0.839. The molecule has 3 rings (SSSR count). The van der Waals surface area contributed by atoms with Gasteiger partial charge in [-0.3, -0.25) is 14.9 Å². The van der Waals surface area contributed by atoms with Gasteiger partial charge in [0.2, 0.25) is 11.8 Å². The molecule has 0 saturated carbocycles. The largest absolute Gasteiger partial charge is 0.296 e. The third kappa shape index (κ3) is 2.80. The van der Waals surface area contributed by atoms with Crippen LogP contribution in [0, 0.1) is 6.92 Å². The quantitative estimate of drug-likeness (QED) is 0.826. The lowest BCUT2D eigenvalue weighted by Crippen LogP contribution is -2.43. The Morgan fingerprint density at radius 2 is 1.95 bits per heavy atom. The number of aryl methyl sites for hydroxylation is 1. The van der Waals surface area contributed by atoms with Gasteiger partial charge in [-0.25, -0.2) is 0 Å². The van der Waals surface area contributed by atoms with Crippen molar-refractivity contribution in [2.75, 3.05) is 0 Å². The molecule has 21 heavy (non-hydrogen) atoms. The van der Waals surface area contributed by atoms with E-state index in [-0.39, 0.29) is 23.7 Å².